The molecule has 1 N–H and O–H groups in total. The van der Waals surface area contributed by atoms with Crippen LogP contribution in [0, 0.1) is 5.92 Å². The number of ether oxygens (including phenoxy) is 3. The topological polar surface area (TPSA) is 47.9 Å². The first kappa shape index (κ1) is 17.8. The van der Waals surface area contributed by atoms with Crippen molar-refractivity contribution in [2.45, 2.75) is 52.2 Å². The molecule has 0 aliphatic rings. The third kappa shape index (κ3) is 7.31. The van der Waals surface area contributed by atoms with Crippen LogP contribution < -0.4 is 0 Å². The molecule has 2 atom stereocenters. The molecular formula is C14H30O4. The minimum Gasteiger partial charge on any atom is -0.394 e. The van der Waals surface area contributed by atoms with Crippen molar-refractivity contribution in [1.29, 1.82) is 0 Å². The van der Waals surface area contributed by atoms with Gasteiger partial charge in [0.05, 0.1) is 31.5 Å². The zero-order valence-electron chi connectivity index (χ0n) is 12.6. The summed E-state index contributed by atoms with van der Waals surface area (Å²) in [6.45, 7) is 10.2. The van der Waals surface area contributed by atoms with Crippen LogP contribution in [0.3, 0.4) is 0 Å². The molecule has 0 rings (SSSR count). The standard InChI is InChI=1S/C14H30O4/c1-6-14(4,18-10-9-16-5)7-8-17-13(11-15)12(2)3/h12-13,15H,6-11H2,1-5H3. The molecule has 0 aromatic heterocycles. The summed E-state index contributed by atoms with van der Waals surface area (Å²) in [5.74, 6) is 0.331. The van der Waals surface area contributed by atoms with Gasteiger partial charge in [-0.05, 0) is 25.7 Å². The summed E-state index contributed by atoms with van der Waals surface area (Å²) >= 11 is 0. The highest BCUT2D eigenvalue weighted by molar-refractivity contribution is 4.73. The summed E-state index contributed by atoms with van der Waals surface area (Å²) in [4.78, 5) is 0. The smallest absolute Gasteiger partial charge is 0.0828 e. The molecule has 0 saturated heterocycles. The predicted molar refractivity (Wildman–Crippen MR) is 72.8 cm³/mol. The van der Waals surface area contributed by atoms with Crippen molar-refractivity contribution in [2.75, 3.05) is 33.5 Å². The average molecular weight is 262 g/mol. The number of methoxy groups -OCH3 is 1. The predicted octanol–water partition coefficient (Wildman–Crippen LogP) is 2.24. The van der Waals surface area contributed by atoms with E-state index in [0.717, 1.165) is 12.8 Å². The van der Waals surface area contributed by atoms with Crippen molar-refractivity contribution in [2.24, 2.45) is 5.92 Å². The van der Waals surface area contributed by atoms with Crippen molar-refractivity contribution >= 4 is 0 Å². The quantitative estimate of drug-likeness (QED) is 0.580. The van der Waals surface area contributed by atoms with E-state index in [9.17, 15) is 5.11 Å². The van der Waals surface area contributed by atoms with Gasteiger partial charge in [0.15, 0.2) is 0 Å². The van der Waals surface area contributed by atoms with Crippen molar-refractivity contribution in [1.82, 2.24) is 0 Å². The Morgan fingerprint density at radius 2 is 1.83 bits per heavy atom. The van der Waals surface area contributed by atoms with Gasteiger partial charge in [-0.1, -0.05) is 20.8 Å². The van der Waals surface area contributed by atoms with E-state index in [2.05, 4.69) is 27.7 Å². The van der Waals surface area contributed by atoms with Gasteiger partial charge in [-0.3, -0.25) is 0 Å². The van der Waals surface area contributed by atoms with Gasteiger partial charge >= 0.3 is 0 Å². The minimum absolute atomic E-state index is 0.0744. The van der Waals surface area contributed by atoms with E-state index in [1.165, 1.54) is 0 Å². The van der Waals surface area contributed by atoms with Gasteiger partial charge in [-0.15, -0.1) is 0 Å². The van der Waals surface area contributed by atoms with Crippen LogP contribution in [0.2, 0.25) is 0 Å². The van der Waals surface area contributed by atoms with E-state index in [0.29, 0.717) is 25.7 Å². The second-order valence-corrected chi connectivity index (χ2v) is 5.23. The maximum Gasteiger partial charge on any atom is 0.0828 e. The second kappa shape index (κ2) is 9.73. The Morgan fingerprint density at radius 3 is 2.28 bits per heavy atom. The number of hydrogen-bond donors (Lipinski definition) is 1. The Bertz CT molecular complexity index is 196. The summed E-state index contributed by atoms with van der Waals surface area (Å²) < 4.78 is 16.5. The van der Waals surface area contributed by atoms with Gasteiger partial charge in [-0.2, -0.15) is 0 Å². The molecule has 0 spiro atoms. The summed E-state index contributed by atoms with van der Waals surface area (Å²) in [7, 11) is 1.67. The lowest BCUT2D eigenvalue weighted by atomic mass is 9.99. The van der Waals surface area contributed by atoms with Crippen molar-refractivity contribution in [3.8, 4) is 0 Å². The molecule has 4 nitrogen and oxygen atoms in total. The first-order valence-electron chi connectivity index (χ1n) is 6.84. The Morgan fingerprint density at radius 1 is 1.17 bits per heavy atom. The van der Waals surface area contributed by atoms with Crippen LogP contribution in [-0.2, 0) is 14.2 Å². The molecule has 0 aliphatic carbocycles. The van der Waals surface area contributed by atoms with Crippen molar-refractivity contribution in [3.05, 3.63) is 0 Å². The Hall–Kier alpha value is -0.160. The molecule has 0 aromatic rings. The third-order valence-electron chi connectivity index (χ3n) is 3.37. The van der Waals surface area contributed by atoms with Gasteiger partial charge in [0.2, 0.25) is 0 Å². The Labute approximate surface area is 112 Å². The monoisotopic (exact) mass is 262 g/mol. The summed E-state index contributed by atoms with van der Waals surface area (Å²) in [5.41, 5.74) is -0.171. The zero-order chi connectivity index (χ0) is 14.0. The molecule has 0 amide bonds. The van der Waals surface area contributed by atoms with E-state index in [1.807, 2.05) is 0 Å². The van der Waals surface area contributed by atoms with E-state index in [-0.39, 0.29) is 18.3 Å². The lowest BCUT2D eigenvalue weighted by Crippen LogP contribution is -2.33. The van der Waals surface area contributed by atoms with Crippen LogP contribution in [0.1, 0.15) is 40.5 Å². The molecule has 0 radical (unpaired) electrons. The van der Waals surface area contributed by atoms with E-state index < -0.39 is 0 Å². The van der Waals surface area contributed by atoms with Crippen LogP contribution in [0.15, 0.2) is 0 Å². The van der Waals surface area contributed by atoms with Crippen LogP contribution in [0.4, 0.5) is 0 Å². The summed E-state index contributed by atoms with van der Waals surface area (Å²) in [6.07, 6.45) is 1.69. The van der Waals surface area contributed by atoms with Gasteiger partial charge in [0.25, 0.3) is 0 Å². The van der Waals surface area contributed by atoms with Gasteiger partial charge in [-0.25, -0.2) is 0 Å². The molecule has 0 aromatic carbocycles. The minimum atomic E-state index is -0.171. The number of rotatable bonds is 11. The fourth-order valence-electron chi connectivity index (χ4n) is 1.60. The van der Waals surface area contributed by atoms with Gasteiger partial charge < -0.3 is 19.3 Å². The van der Waals surface area contributed by atoms with E-state index in [4.69, 9.17) is 14.2 Å². The molecule has 0 bridgehead atoms. The first-order chi connectivity index (χ1) is 8.49. The summed E-state index contributed by atoms with van der Waals surface area (Å²) in [6, 6.07) is 0. The van der Waals surface area contributed by atoms with Crippen molar-refractivity contribution in [3.63, 3.8) is 0 Å². The van der Waals surface area contributed by atoms with Gasteiger partial charge in [0, 0.05) is 13.7 Å². The highest BCUT2D eigenvalue weighted by Crippen LogP contribution is 2.20. The molecular weight excluding hydrogens is 232 g/mol. The van der Waals surface area contributed by atoms with Crippen LogP contribution in [0.25, 0.3) is 0 Å². The fourth-order valence-corrected chi connectivity index (χ4v) is 1.60. The highest BCUT2D eigenvalue weighted by atomic mass is 16.5. The first-order valence-corrected chi connectivity index (χ1v) is 6.84. The maximum atomic E-state index is 9.18. The van der Waals surface area contributed by atoms with Crippen LogP contribution in [-0.4, -0.2) is 50.3 Å². The van der Waals surface area contributed by atoms with Crippen LogP contribution >= 0.6 is 0 Å². The normalized spacial score (nSPS) is 16.8. The zero-order valence-corrected chi connectivity index (χ0v) is 12.6. The average Bonchev–Trinajstić information content (AvgIpc) is 2.34. The molecule has 0 heterocycles. The molecule has 18 heavy (non-hydrogen) atoms. The molecule has 4 heteroatoms. The fraction of sp³-hybridized carbons (Fsp3) is 1.00. The third-order valence-corrected chi connectivity index (χ3v) is 3.37. The molecule has 0 fully saturated rings. The Balaban J connectivity index is 3.97. The van der Waals surface area contributed by atoms with Gasteiger partial charge in [0.1, 0.15) is 0 Å². The molecule has 2 unspecified atom stereocenters. The lowest BCUT2D eigenvalue weighted by molar-refractivity contribution is -0.0863. The summed E-state index contributed by atoms with van der Waals surface area (Å²) in [5, 5.41) is 9.18. The number of hydrogen-bond acceptors (Lipinski definition) is 4. The lowest BCUT2D eigenvalue weighted by Gasteiger charge is -2.30. The van der Waals surface area contributed by atoms with Crippen LogP contribution in [0.5, 0.6) is 0 Å². The largest absolute Gasteiger partial charge is 0.394 e. The molecule has 0 saturated carbocycles. The number of aliphatic hydroxyl groups excluding tert-OH is 1. The maximum absolute atomic E-state index is 9.18. The van der Waals surface area contributed by atoms with Crippen molar-refractivity contribution < 1.29 is 19.3 Å². The second-order valence-electron chi connectivity index (χ2n) is 5.23. The molecule has 110 valence electrons. The Kier molecular flexibility index (Phi) is 9.64. The molecule has 0 aliphatic heterocycles. The van der Waals surface area contributed by atoms with E-state index in [1.54, 1.807) is 7.11 Å². The highest BCUT2D eigenvalue weighted by Gasteiger charge is 2.23. The number of aliphatic hydroxyl groups is 1. The van der Waals surface area contributed by atoms with E-state index >= 15 is 0 Å². The SMILES string of the molecule is CCC(C)(CCOC(CO)C(C)C)OCCOC.